The smallest absolute Gasteiger partial charge is 0.337 e. The molecule has 0 bridgehead atoms. The van der Waals surface area contributed by atoms with Crippen molar-refractivity contribution in [3.63, 3.8) is 0 Å². The molecule has 0 spiro atoms. The summed E-state index contributed by atoms with van der Waals surface area (Å²) in [7, 11) is -2.04. The van der Waals surface area contributed by atoms with Gasteiger partial charge in [-0.05, 0) is 37.1 Å². The number of hydrogen-bond donors (Lipinski definition) is 0. The maximum Gasteiger partial charge on any atom is 0.337 e. The number of esters is 1. The van der Waals surface area contributed by atoms with Crippen LogP contribution in [-0.4, -0.2) is 41.0 Å². The first kappa shape index (κ1) is 16.5. The number of carbonyl (C=O) groups is 1. The Labute approximate surface area is 118 Å². The lowest BCUT2D eigenvalue weighted by atomic mass is 10.2. The van der Waals surface area contributed by atoms with Gasteiger partial charge in [0.2, 0.25) is 0 Å². The van der Waals surface area contributed by atoms with Crippen LogP contribution >= 0.6 is 0 Å². The van der Waals surface area contributed by atoms with Gasteiger partial charge in [0.15, 0.2) is 0 Å². The Hall–Kier alpha value is -1.60. The number of methoxy groups -OCH3 is 1. The van der Waals surface area contributed by atoms with Crippen molar-refractivity contribution in [2.45, 2.75) is 12.8 Å². The Bertz CT molecular complexity index is 520. The van der Waals surface area contributed by atoms with Crippen molar-refractivity contribution in [3.05, 3.63) is 29.8 Å². The van der Waals surface area contributed by atoms with Gasteiger partial charge in [-0.15, -0.1) is 0 Å². The van der Waals surface area contributed by atoms with Crippen molar-refractivity contribution in [2.75, 3.05) is 26.6 Å². The van der Waals surface area contributed by atoms with Crippen LogP contribution < -0.4 is 4.74 Å². The minimum Gasteiger partial charge on any atom is -0.494 e. The molecular weight excluding hydrogens is 284 g/mol. The van der Waals surface area contributed by atoms with Crippen LogP contribution in [0, 0.1) is 0 Å². The maximum atomic E-state index is 11.2. The minimum atomic E-state index is -3.36. The van der Waals surface area contributed by atoms with Gasteiger partial charge in [0.25, 0.3) is 10.1 Å². The summed E-state index contributed by atoms with van der Waals surface area (Å²) in [5.74, 6) is 0.246. The molecule has 7 heteroatoms. The lowest BCUT2D eigenvalue weighted by molar-refractivity contribution is 0.0600. The van der Waals surface area contributed by atoms with Gasteiger partial charge in [-0.3, -0.25) is 4.18 Å². The Morgan fingerprint density at radius 3 is 2.25 bits per heavy atom. The SMILES string of the molecule is COC(=O)c1ccc(OCCCCOS(C)(=O)=O)cc1. The van der Waals surface area contributed by atoms with E-state index in [4.69, 9.17) is 4.74 Å². The normalized spacial score (nSPS) is 11.1. The fraction of sp³-hybridized carbons (Fsp3) is 0.462. The van der Waals surface area contributed by atoms with E-state index in [2.05, 4.69) is 8.92 Å². The van der Waals surface area contributed by atoms with Crippen LogP contribution in [0.3, 0.4) is 0 Å². The lowest BCUT2D eigenvalue weighted by Crippen LogP contribution is -2.06. The molecule has 20 heavy (non-hydrogen) atoms. The molecule has 0 unspecified atom stereocenters. The predicted molar refractivity (Wildman–Crippen MR) is 73.3 cm³/mol. The summed E-state index contributed by atoms with van der Waals surface area (Å²) >= 11 is 0. The summed E-state index contributed by atoms with van der Waals surface area (Å²) in [6.07, 6.45) is 2.29. The summed E-state index contributed by atoms with van der Waals surface area (Å²) < 4.78 is 36.0. The first-order valence-electron chi connectivity index (χ1n) is 6.08. The summed E-state index contributed by atoms with van der Waals surface area (Å²) in [4.78, 5) is 11.2. The molecule has 1 aromatic carbocycles. The number of rotatable bonds is 8. The van der Waals surface area contributed by atoms with E-state index >= 15 is 0 Å². The van der Waals surface area contributed by atoms with Crippen LogP contribution in [0.1, 0.15) is 23.2 Å². The van der Waals surface area contributed by atoms with Gasteiger partial charge in [0.05, 0.1) is 32.1 Å². The van der Waals surface area contributed by atoms with E-state index in [1.165, 1.54) is 7.11 Å². The van der Waals surface area contributed by atoms with E-state index in [1.54, 1.807) is 24.3 Å². The van der Waals surface area contributed by atoms with Crippen molar-refractivity contribution in [2.24, 2.45) is 0 Å². The molecule has 0 N–H and O–H groups in total. The van der Waals surface area contributed by atoms with Crippen LogP contribution in [0.4, 0.5) is 0 Å². The van der Waals surface area contributed by atoms with E-state index in [1.807, 2.05) is 0 Å². The highest BCUT2D eigenvalue weighted by molar-refractivity contribution is 7.85. The molecule has 0 aliphatic carbocycles. The van der Waals surface area contributed by atoms with Gasteiger partial charge in [-0.2, -0.15) is 8.42 Å². The molecule has 0 aromatic heterocycles. The van der Waals surface area contributed by atoms with Gasteiger partial charge in [-0.25, -0.2) is 4.79 Å². The Kier molecular flexibility index (Phi) is 6.47. The summed E-state index contributed by atoms with van der Waals surface area (Å²) in [5, 5.41) is 0. The topological polar surface area (TPSA) is 78.9 Å². The Morgan fingerprint density at radius 1 is 1.10 bits per heavy atom. The molecule has 0 amide bonds. The van der Waals surface area contributed by atoms with Crippen molar-refractivity contribution in [1.82, 2.24) is 0 Å². The second kappa shape index (κ2) is 7.86. The zero-order chi connectivity index (χ0) is 15.0. The standard InChI is InChI=1S/C13H18O6S/c1-17-13(14)11-5-7-12(8-6-11)18-9-3-4-10-19-20(2,15)16/h5-8H,3-4,9-10H2,1-2H3. The summed E-state index contributed by atoms with van der Waals surface area (Å²) in [6, 6.07) is 6.60. The van der Waals surface area contributed by atoms with Crippen LogP contribution in [0.5, 0.6) is 5.75 Å². The molecule has 112 valence electrons. The number of ether oxygens (including phenoxy) is 2. The van der Waals surface area contributed by atoms with Crippen molar-refractivity contribution in [1.29, 1.82) is 0 Å². The Balaban J connectivity index is 2.24. The van der Waals surface area contributed by atoms with Crippen LogP contribution in [0.15, 0.2) is 24.3 Å². The third kappa shape index (κ3) is 6.53. The molecule has 0 fully saturated rings. The fourth-order valence-electron chi connectivity index (χ4n) is 1.41. The number of unbranched alkanes of at least 4 members (excludes halogenated alkanes) is 1. The molecule has 6 nitrogen and oxygen atoms in total. The van der Waals surface area contributed by atoms with E-state index in [0.717, 1.165) is 6.26 Å². The average Bonchev–Trinajstić information content (AvgIpc) is 2.41. The van der Waals surface area contributed by atoms with Crippen molar-refractivity contribution in [3.8, 4) is 5.75 Å². The molecule has 0 saturated heterocycles. The van der Waals surface area contributed by atoms with E-state index in [-0.39, 0.29) is 6.61 Å². The molecular formula is C13H18O6S. The largest absolute Gasteiger partial charge is 0.494 e. The highest BCUT2D eigenvalue weighted by Gasteiger charge is 2.04. The highest BCUT2D eigenvalue weighted by atomic mass is 32.2. The first-order chi connectivity index (χ1) is 9.42. The lowest BCUT2D eigenvalue weighted by Gasteiger charge is -2.06. The zero-order valence-electron chi connectivity index (χ0n) is 11.5. The zero-order valence-corrected chi connectivity index (χ0v) is 12.3. The molecule has 1 rings (SSSR count). The van der Waals surface area contributed by atoms with Crippen molar-refractivity contribution < 1.29 is 26.9 Å². The van der Waals surface area contributed by atoms with E-state index in [9.17, 15) is 13.2 Å². The van der Waals surface area contributed by atoms with Gasteiger partial charge >= 0.3 is 5.97 Å². The fourth-order valence-corrected chi connectivity index (χ4v) is 1.83. The first-order valence-corrected chi connectivity index (χ1v) is 7.89. The number of carbonyl (C=O) groups excluding carboxylic acids is 1. The molecule has 0 aliphatic heterocycles. The second-order valence-corrected chi connectivity index (χ2v) is 5.74. The molecule has 1 aromatic rings. The number of hydrogen-bond acceptors (Lipinski definition) is 6. The monoisotopic (exact) mass is 302 g/mol. The van der Waals surface area contributed by atoms with Crippen LogP contribution in [0.2, 0.25) is 0 Å². The molecule has 0 atom stereocenters. The average molecular weight is 302 g/mol. The van der Waals surface area contributed by atoms with Gasteiger partial charge in [0, 0.05) is 0 Å². The summed E-state index contributed by atoms with van der Waals surface area (Å²) in [6.45, 7) is 0.605. The quantitative estimate of drug-likeness (QED) is 0.412. The second-order valence-electron chi connectivity index (χ2n) is 4.10. The highest BCUT2D eigenvalue weighted by Crippen LogP contribution is 2.13. The van der Waals surface area contributed by atoms with E-state index < -0.39 is 16.1 Å². The molecule has 0 heterocycles. The molecule has 0 saturated carbocycles. The minimum absolute atomic E-state index is 0.156. The van der Waals surface area contributed by atoms with Gasteiger partial charge < -0.3 is 9.47 Å². The molecule has 0 radical (unpaired) electrons. The Morgan fingerprint density at radius 2 is 1.70 bits per heavy atom. The maximum absolute atomic E-state index is 11.2. The third-order valence-corrected chi connectivity index (χ3v) is 2.98. The summed E-state index contributed by atoms with van der Waals surface area (Å²) in [5.41, 5.74) is 0.460. The number of benzene rings is 1. The van der Waals surface area contributed by atoms with E-state index in [0.29, 0.717) is 30.8 Å². The van der Waals surface area contributed by atoms with Gasteiger partial charge in [-0.1, -0.05) is 0 Å². The van der Waals surface area contributed by atoms with Crippen molar-refractivity contribution >= 4 is 16.1 Å². The van der Waals surface area contributed by atoms with Gasteiger partial charge in [0.1, 0.15) is 5.75 Å². The third-order valence-electron chi connectivity index (χ3n) is 2.38. The predicted octanol–water partition coefficient (Wildman–Crippen LogP) is 1.61. The molecule has 0 aliphatic rings. The van der Waals surface area contributed by atoms with Crippen LogP contribution in [0.25, 0.3) is 0 Å². The van der Waals surface area contributed by atoms with Crippen LogP contribution in [-0.2, 0) is 19.0 Å².